The first kappa shape index (κ1) is 11.3. The number of nitrogens with zero attached hydrogens (tertiary/aromatic N) is 1. The number of rotatable bonds is 7. The molecule has 0 saturated carbocycles. The normalized spacial score (nSPS) is 11.1. The summed E-state index contributed by atoms with van der Waals surface area (Å²) in [7, 11) is 2.16. The molecule has 0 saturated heterocycles. The van der Waals surface area contributed by atoms with Crippen molar-refractivity contribution in [2.45, 2.75) is 19.9 Å². The lowest BCUT2D eigenvalue weighted by Gasteiger charge is -2.15. The molecule has 0 bridgehead atoms. The van der Waals surface area contributed by atoms with Crippen LogP contribution in [0.25, 0.3) is 0 Å². The largest absolute Gasteiger partial charge is 0.472 e. The van der Waals surface area contributed by atoms with E-state index in [1.807, 2.05) is 6.07 Å². The van der Waals surface area contributed by atoms with Gasteiger partial charge in [-0.1, -0.05) is 6.92 Å². The van der Waals surface area contributed by atoms with Gasteiger partial charge in [-0.25, -0.2) is 0 Å². The van der Waals surface area contributed by atoms with Gasteiger partial charge in [0.05, 0.1) is 12.5 Å². The Morgan fingerprint density at radius 2 is 2.29 bits per heavy atom. The summed E-state index contributed by atoms with van der Waals surface area (Å²) in [5.74, 6) is 0. The quantitative estimate of drug-likeness (QED) is 0.673. The minimum atomic E-state index is 0.899. The third-order valence-corrected chi connectivity index (χ3v) is 2.18. The molecule has 3 heteroatoms. The molecular weight excluding hydrogens is 176 g/mol. The molecule has 0 amide bonds. The fraction of sp³-hybridized carbons (Fsp3) is 0.636. The molecule has 3 nitrogen and oxygen atoms in total. The number of furan rings is 1. The molecule has 1 rings (SSSR count). The maximum absolute atomic E-state index is 4.98. The summed E-state index contributed by atoms with van der Waals surface area (Å²) in [6, 6.07) is 1.99. The lowest BCUT2D eigenvalue weighted by atomic mass is 10.3. The molecule has 0 atom stereocenters. The molecule has 1 heterocycles. The molecule has 1 N–H and O–H groups in total. The third-order valence-electron chi connectivity index (χ3n) is 2.18. The van der Waals surface area contributed by atoms with Crippen LogP contribution in [0.3, 0.4) is 0 Å². The van der Waals surface area contributed by atoms with Crippen LogP contribution in [0.1, 0.15) is 18.9 Å². The lowest BCUT2D eigenvalue weighted by Crippen LogP contribution is -2.29. The van der Waals surface area contributed by atoms with Crippen LogP contribution in [-0.2, 0) is 6.54 Å². The minimum absolute atomic E-state index is 0.899. The van der Waals surface area contributed by atoms with Crippen LogP contribution in [0.4, 0.5) is 0 Å². The molecule has 0 aliphatic heterocycles. The Kier molecular flexibility index (Phi) is 5.33. The highest BCUT2D eigenvalue weighted by molar-refractivity contribution is 5.04. The van der Waals surface area contributed by atoms with Crippen molar-refractivity contribution >= 4 is 0 Å². The van der Waals surface area contributed by atoms with Gasteiger partial charge in [-0.3, -0.25) is 0 Å². The van der Waals surface area contributed by atoms with Crippen molar-refractivity contribution in [1.29, 1.82) is 0 Å². The molecule has 0 aliphatic carbocycles. The molecule has 1 aromatic rings. The van der Waals surface area contributed by atoms with E-state index in [4.69, 9.17) is 4.42 Å². The van der Waals surface area contributed by atoms with E-state index in [9.17, 15) is 0 Å². The Labute approximate surface area is 86.1 Å². The van der Waals surface area contributed by atoms with E-state index in [2.05, 4.69) is 24.2 Å². The standard InChI is InChI=1S/C11H20N2O/c1-3-6-13(2)7-5-12-9-11-4-8-14-10-11/h4,8,10,12H,3,5-7,9H2,1-2H3. The SMILES string of the molecule is CCCN(C)CCNCc1ccoc1. The Hall–Kier alpha value is -0.800. The van der Waals surface area contributed by atoms with Crippen molar-refractivity contribution < 1.29 is 4.42 Å². The summed E-state index contributed by atoms with van der Waals surface area (Å²) < 4.78 is 4.98. The molecule has 0 radical (unpaired) electrons. The zero-order valence-electron chi connectivity index (χ0n) is 9.12. The van der Waals surface area contributed by atoms with E-state index < -0.39 is 0 Å². The van der Waals surface area contributed by atoms with Gasteiger partial charge in [-0.05, 0) is 26.1 Å². The Bertz CT molecular complexity index is 221. The van der Waals surface area contributed by atoms with Crippen LogP contribution < -0.4 is 5.32 Å². The molecular formula is C11H20N2O. The zero-order chi connectivity index (χ0) is 10.2. The first-order valence-corrected chi connectivity index (χ1v) is 5.23. The van der Waals surface area contributed by atoms with Gasteiger partial charge in [0.2, 0.25) is 0 Å². The predicted octanol–water partition coefficient (Wildman–Crippen LogP) is 1.71. The molecule has 14 heavy (non-hydrogen) atoms. The highest BCUT2D eigenvalue weighted by Crippen LogP contribution is 1.97. The monoisotopic (exact) mass is 196 g/mol. The van der Waals surface area contributed by atoms with E-state index in [0.717, 1.165) is 19.6 Å². The van der Waals surface area contributed by atoms with Gasteiger partial charge in [0.25, 0.3) is 0 Å². The Morgan fingerprint density at radius 3 is 2.93 bits per heavy atom. The second kappa shape index (κ2) is 6.62. The fourth-order valence-corrected chi connectivity index (χ4v) is 1.39. The molecule has 80 valence electrons. The topological polar surface area (TPSA) is 28.4 Å². The fourth-order valence-electron chi connectivity index (χ4n) is 1.39. The number of nitrogens with one attached hydrogen (secondary N) is 1. The van der Waals surface area contributed by atoms with Crippen LogP contribution in [0.15, 0.2) is 23.0 Å². The van der Waals surface area contributed by atoms with Gasteiger partial charge >= 0.3 is 0 Å². The first-order chi connectivity index (χ1) is 6.83. The molecule has 0 unspecified atom stereocenters. The van der Waals surface area contributed by atoms with Crippen molar-refractivity contribution in [3.05, 3.63) is 24.2 Å². The number of hydrogen-bond acceptors (Lipinski definition) is 3. The van der Waals surface area contributed by atoms with Gasteiger partial charge in [-0.2, -0.15) is 0 Å². The van der Waals surface area contributed by atoms with Crippen molar-refractivity contribution in [3.63, 3.8) is 0 Å². The summed E-state index contributed by atoms with van der Waals surface area (Å²) in [5, 5.41) is 3.38. The van der Waals surface area contributed by atoms with Gasteiger partial charge in [-0.15, -0.1) is 0 Å². The van der Waals surface area contributed by atoms with E-state index in [1.54, 1.807) is 12.5 Å². The predicted molar refractivity (Wildman–Crippen MR) is 58.2 cm³/mol. The second-order valence-electron chi connectivity index (χ2n) is 3.61. The van der Waals surface area contributed by atoms with Crippen LogP contribution in [0.5, 0.6) is 0 Å². The van der Waals surface area contributed by atoms with Crippen molar-refractivity contribution in [2.24, 2.45) is 0 Å². The Morgan fingerprint density at radius 1 is 1.43 bits per heavy atom. The lowest BCUT2D eigenvalue weighted by molar-refractivity contribution is 0.332. The van der Waals surface area contributed by atoms with Crippen molar-refractivity contribution in [2.75, 3.05) is 26.7 Å². The van der Waals surface area contributed by atoms with E-state index >= 15 is 0 Å². The van der Waals surface area contributed by atoms with Crippen LogP contribution in [-0.4, -0.2) is 31.6 Å². The van der Waals surface area contributed by atoms with Gasteiger partial charge in [0.15, 0.2) is 0 Å². The number of hydrogen-bond donors (Lipinski definition) is 1. The maximum Gasteiger partial charge on any atom is 0.0947 e. The third kappa shape index (κ3) is 4.44. The molecule has 0 spiro atoms. The smallest absolute Gasteiger partial charge is 0.0947 e. The molecule has 0 aliphatic rings. The number of likely N-dealkylation sites (N-methyl/N-ethyl adjacent to an activating group) is 1. The zero-order valence-corrected chi connectivity index (χ0v) is 9.12. The van der Waals surface area contributed by atoms with Crippen LogP contribution in [0, 0.1) is 0 Å². The highest BCUT2D eigenvalue weighted by atomic mass is 16.3. The second-order valence-corrected chi connectivity index (χ2v) is 3.61. The van der Waals surface area contributed by atoms with Gasteiger partial charge in [0.1, 0.15) is 0 Å². The van der Waals surface area contributed by atoms with Crippen molar-refractivity contribution in [1.82, 2.24) is 10.2 Å². The Balaban J connectivity index is 1.99. The average molecular weight is 196 g/mol. The van der Waals surface area contributed by atoms with Gasteiger partial charge < -0.3 is 14.6 Å². The van der Waals surface area contributed by atoms with Crippen LogP contribution >= 0.6 is 0 Å². The molecule has 0 fully saturated rings. The summed E-state index contributed by atoms with van der Waals surface area (Å²) >= 11 is 0. The summed E-state index contributed by atoms with van der Waals surface area (Å²) in [4.78, 5) is 2.34. The maximum atomic E-state index is 4.98. The van der Waals surface area contributed by atoms with Crippen LogP contribution in [0.2, 0.25) is 0 Å². The van der Waals surface area contributed by atoms with Gasteiger partial charge in [0, 0.05) is 25.2 Å². The molecule has 0 aromatic carbocycles. The van der Waals surface area contributed by atoms with Crippen molar-refractivity contribution in [3.8, 4) is 0 Å². The van der Waals surface area contributed by atoms with E-state index in [-0.39, 0.29) is 0 Å². The van der Waals surface area contributed by atoms with E-state index in [0.29, 0.717) is 0 Å². The highest BCUT2D eigenvalue weighted by Gasteiger charge is 1.96. The average Bonchev–Trinajstić information content (AvgIpc) is 2.65. The minimum Gasteiger partial charge on any atom is -0.472 e. The summed E-state index contributed by atoms with van der Waals surface area (Å²) in [6.45, 7) is 6.41. The summed E-state index contributed by atoms with van der Waals surface area (Å²) in [5.41, 5.74) is 1.21. The molecule has 1 aromatic heterocycles. The first-order valence-electron chi connectivity index (χ1n) is 5.23. The summed E-state index contributed by atoms with van der Waals surface area (Å²) in [6.07, 6.45) is 4.71. The van der Waals surface area contributed by atoms with E-state index in [1.165, 1.54) is 18.5 Å².